The average molecular weight is 261 g/mol. The van der Waals surface area contributed by atoms with Crippen molar-refractivity contribution in [1.82, 2.24) is 0 Å². The summed E-state index contributed by atoms with van der Waals surface area (Å²) in [7, 11) is 0. The van der Waals surface area contributed by atoms with Gasteiger partial charge in [-0.05, 0) is 56.2 Å². The van der Waals surface area contributed by atoms with Crippen molar-refractivity contribution in [3.05, 3.63) is 29.8 Å². The van der Waals surface area contributed by atoms with Crippen LogP contribution in [0.5, 0.6) is 0 Å². The highest BCUT2D eigenvalue weighted by Crippen LogP contribution is 2.23. The lowest BCUT2D eigenvalue weighted by atomic mass is 10.0. The predicted octanol–water partition coefficient (Wildman–Crippen LogP) is 5.28. The van der Waals surface area contributed by atoms with Gasteiger partial charge in [0, 0.05) is 18.3 Å². The lowest BCUT2D eigenvalue weighted by Gasteiger charge is -2.33. The van der Waals surface area contributed by atoms with E-state index < -0.39 is 0 Å². The number of hydrogen-bond donors (Lipinski definition) is 0. The van der Waals surface area contributed by atoms with Crippen LogP contribution in [0.2, 0.25) is 0 Å². The quantitative estimate of drug-likeness (QED) is 0.645. The molecule has 1 aromatic carbocycles. The highest BCUT2D eigenvalue weighted by molar-refractivity contribution is 5.49. The van der Waals surface area contributed by atoms with Crippen LogP contribution >= 0.6 is 0 Å². The molecule has 0 N–H and O–H groups in total. The minimum atomic E-state index is 0.612. The number of rotatable bonds is 7. The molecule has 1 heteroatoms. The second kappa shape index (κ2) is 7.57. The molecule has 0 aliphatic carbocycles. The van der Waals surface area contributed by atoms with E-state index in [4.69, 9.17) is 0 Å². The summed E-state index contributed by atoms with van der Waals surface area (Å²) in [6.07, 6.45) is 2.52. The van der Waals surface area contributed by atoms with E-state index in [2.05, 4.69) is 70.7 Å². The molecule has 0 amide bonds. The third kappa shape index (κ3) is 5.67. The number of anilines is 1. The van der Waals surface area contributed by atoms with Crippen molar-refractivity contribution in [3.63, 3.8) is 0 Å². The molecule has 0 bridgehead atoms. The van der Waals surface area contributed by atoms with Gasteiger partial charge in [0.05, 0.1) is 0 Å². The molecular weight excluding hydrogens is 230 g/mol. The van der Waals surface area contributed by atoms with Crippen molar-refractivity contribution in [2.24, 2.45) is 11.8 Å². The van der Waals surface area contributed by atoms with Crippen LogP contribution in [0.1, 0.15) is 53.0 Å². The summed E-state index contributed by atoms with van der Waals surface area (Å²) >= 11 is 0. The molecule has 0 aliphatic rings. The zero-order chi connectivity index (χ0) is 14.4. The molecule has 108 valence electrons. The number of benzene rings is 1. The lowest BCUT2D eigenvalue weighted by molar-refractivity contribution is 0.468. The molecule has 0 saturated heterocycles. The van der Waals surface area contributed by atoms with Gasteiger partial charge in [-0.25, -0.2) is 0 Å². The van der Waals surface area contributed by atoms with Gasteiger partial charge >= 0.3 is 0 Å². The van der Waals surface area contributed by atoms with E-state index in [1.54, 1.807) is 0 Å². The Balaban J connectivity index is 2.84. The van der Waals surface area contributed by atoms with Crippen molar-refractivity contribution >= 4 is 5.69 Å². The molecule has 1 aromatic rings. The summed E-state index contributed by atoms with van der Waals surface area (Å²) in [4.78, 5) is 2.59. The molecule has 0 saturated carbocycles. The molecule has 0 aromatic heterocycles. The summed E-state index contributed by atoms with van der Waals surface area (Å²) in [5.74, 6) is 1.51. The van der Waals surface area contributed by atoms with E-state index in [9.17, 15) is 0 Å². The average Bonchev–Trinajstić information content (AvgIpc) is 2.27. The van der Waals surface area contributed by atoms with Crippen LogP contribution in [0.15, 0.2) is 24.3 Å². The van der Waals surface area contributed by atoms with Crippen LogP contribution < -0.4 is 4.90 Å². The van der Waals surface area contributed by atoms with E-state index in [0.717, 1.165) is 18.4 Å². The molecule has 1 nitrogen and oxygen atoms in total. The van der Waals surface area contributed by atoms with Gasteiger partial charge in [0.1, 0.15) is 0 Å². The molecule has 0 heterocycles. The van der Waals surface area contributed by atoms with E-state index in [1.165, 1.54) is 24.1 Å². The highest BCUT2D eigenvalue weighted by atomic mass is 15.2. The summed E-state index contributed by atoms with van der Waals surface area (Å²) in [5, 5.41) is 0. The Labute approximate surface area is 120 Å². The maximum Gasteiger partial charge on any atom is 0.0371 e. The van der Waals surface area contributed by atoms with Gasteiger partial charge in [-0.15, -0.1) is 0 Å². The molecule has 0 fully saturated rings. The minimum absolute atomic E-state index is 0.612. The van der Waals surface area contributed by atoms with Crippen LogP contribution in [0.4, 0.5) is 5.69 Å². The van der Waals surface area contributed by atoms with Crippen LogP contribution in [-0.2, 0) is 0 Å². The van der Waals surface area contributed by atoms with Crippen molar-refractivity contribution in [2.45, 2.75) is 60.4 Å². The van der Waals surface area contributed by atoms with Crippen LogP contribution in [0.3, 0.4) is 0 Å². The van der Waals surface area contributed by atoms with Gasteiger partial charge < -0.3 is 4.90 Å². The second-order valence-corrected chi connectivity index (χ2v) is 6.69. The van der Waals surface area contributed by atoms with Gasteiger partial charge in [0.15, 0.2) is 0 Å². The number of nitrogens with zero attached hydrogens (tertiary/aromatic N) is 1. The first kappa shape index (κ1) is 16.1. The fraction of sp³-hybridized carbons (Fsp3) is 0.667. The molecule has 0 radical (unpaired) electrons. The summed E-state index contributed by atoms with van der Waals surface area (Å²) in [5.41, 5.74) is 2.73. The van der Waals surface area contributed by atoms with Crippen LogP contribution in [0, 0.1) is 18.8 Å². The Hall–Kier alpha value is -0.980. The normalized spacial score (nSPS) is 13.1. The van der Waals surface area contributed by atoms with E-state index >= 15 is 0 Å². The largest absolute Gasteiger partial charge is 0.369 e. The van der Waals surface area contributed by atoms with Crippen molar-refractivity contribution in [2.75, 3.05) is 11.4 Å². The van der Waals surface area contributed by atoms with Crippen LogP contribution in [-0.4, -0.2) is 12.6 Å². The van der Waals surface area contributed by atoms with Crippen molar-refractivity contribution in [3.8, 4) is 0 Å². The summed E-state index contributed by atoms with van der Waals surface area (Å²) in [6, 6.07) is 9.54. The van der Waals surface area contributed by atoms with E-state index in [0.29, 0.717) is 6.04 Å². The molecule has 0 aliphatic heterocycles. The van der Waals surface area contributed by atoms with Gasteiger partial charge in [0.25, 0.3) is 0 Å². The molecule has 1 atom stereocenters. The summed E-state index contributed by atoms with van der Waals surface area (Å²) in [6.45, 7) is 14.9. The Morgan fingerprint density at radius 1 is 1.00 bits per heavy atom. The Morgan fingerprint density at radius 3 is 2.21 bits per heavy atom. The second-order valence-electron chi connectivity index (χ2n) is 6.69. The molecule has 19 heavy (non-hydrogen) atoms. The van der Waals surface area contributed by atoms with Gasteiger partial charge in [-0.2, -0.15) is 0 Å². The third-order valence-corrected chi connectivity index (χ3v) is 3.63. The molecular formula is C18H31N. The maximum absolute atomic E-state index is 2.59. The van der Waals surface area contributed by atoms with Gasteiger partial charge in [-0.3, -0.25) is 0 Å². The number of aryl methyl sites for hydroxylation is 1. The van der Waals surface area contributed by atoms with Gasteiger partial charge in [0.2, 0.25) is 0 Å². The standard InChI is InChI=1S/C18H31N/c1-14(2)10-11-19(17(6)12-15(3)4)18-9-7-8-16(5)13-18/h7-9,13-15,17H,10-12H2,1-6H3. The highest BCUT2D eigenvalue weighted by Gasteiger charge is 2.16. The first-order valence-electron chi connectivity index (χ1n) is 7.73. The SMILES string of the molecule is Cc1cccc(N(CCC(C)C)C(C)CC(C)C)c1. The fourth-order valence-corrected chi connectivity index (χ4v) is 2.62. The first-order valence-corrected chi connectivity index (χ1v) is 7.73. The minimum Gasteiger partial charge on any atom is -0.369 e. The first-order chi connectivity index (χ1) is 8.90. The monoisotopic (exact) mass is 261 g/mol. The van der Waals surface area contributed by atoms with Gasteiger partial charge in [-0.1, -0.05) is 39.8 Å². The zero-order valence-corrected chi connectivity index (χ0v) is 13.6. The van der Waals surface area contributed by atoms with E-state index in [-0.39, 0.29) is 0 Å². The smallest absolute Gasteiger partial charge is 0.0371 e. The fourth-order valence-electron chi connectivity index (χ4n) is 2.62. The van der Waals surface area contributed by atoms with Crippen LogP contribution in [0.25, 0.3) is 0 Å². The van der Waals surface area contributed by atoms with Crippen molar-refractivity contribution in [1.29, 1.82) is 0 Å². The van der Waals surface area contributed by atoms with E-state index in [1.807, 2.05) is 0 Å². The maximum atomic E-state index is 2.59. The van der Waals surface area contributed by atoms with Crippen molar-refractivity contribution < 1.29 is 0 Å². The topological polar surface area (TPSA) is 3.24 Å². The third-order valence-electron chi connectivity index (χ3n) is 3.63. The lowest BCUT2D eigenvalue weighted by Crippen LogP contribution is -2.35. The molecule has 1 unspecified atom stereocenters. The summed E-state index contributed by atoms with van der Waals surface area (Å²) < 4.78 is 0. The number of hydrogen-bond acceptors (Lipinski definition) is 1. The molecule has 0 spiro atoms. The molecule has 1 rings (SSSR count). The Bertz CT molecular complexity index is 368. The predicted molar refractivity (Wildman–Crippen MR) is 86.9 cm³/mol. The Kier molecular flexibility index (Phi) is 6.41. The zero-order valence-electron chi connectivity index (χ0n) is 13.6. The Morgan fingerprint density at radius 2 is 1.68 bits per heavy atom.